The zero-order valence-corrected chi connectivity index (χ0v) is 13.1. The number of hydrogen-bond donors (Lipinski definition) is 0. The van der Waals surface area contributed by atoms with Crippen LogP contribution in [0.25, 0.3) is 0 Å². The Morgan fingerprint density at radius 3 is 2.91 bits per heavy atom. The molecule has 1 fully saturated rings. The minimum atomic E-state index is -0.362. The summed E-state index contributed by atoms with van der Waals surface area (Å²) >= 11 is 0. The number of ether oxygens (including phenoxy) is 1. The summed E-state index contributed by atoms with van der Waals surface area (Å²) in [4.78, 5) is 23.0. The molecule has 2 aromatic rings. The molecule has 0 unspecified atom stereocenters. The maximum atomic E-state index is 12.1. The van der Waals surface area contributed by atoms with Gasteiger partial charge in [-0.2, -0.15) is 0 Å². The number of aromatic nitrogens is 1. The predicted octanol–water partition coefficient (Wildman–Crippen LogP) is 3.59. The molecule has 23 heavy (non-hydrogen) atoms. The molecule has 1 aromatic carbocycles. The SMILES string of the molecule is CCOC(=O)c1ccncc1N=C1CCCN1c1ccccc1. The maximum Gasteiger partial charge on any atom is 0.340 e. The molecule has 0 N–H and O–H groups in total. The molecule has 0 aliphatic carbocycles. The smallest absolute Gasteiger partial charge is 0.340 e. The molecule has 0 spiro atoms. The van der Waals surface area contributed by atoms with E-state index in [1.807, 2.05) is 18.2 Å². The molecule has 1 aromatic heterocycles. The summed E-state index contributed by atoms with van der Waals surface area (Å²) in [7, 11) is 0. The first-order chi connectivity index (χ1) is 11.3. The van der Waals surface area contributed by atoms with Gasteiger partial charge in [0.25, 0.3) is 0 Å². The molecule has 1 saturated heterocycles. The van der Waals surface area contributed by atoms with E-state index in [0.29, 0.717) is 17.9 Å². The van der Waals surface area contributed by atoms with Crippen molar-refractivity contribution in [2.75, 3.05) is 18.1 Å². The second kappa shape index (κ2) is 7.05. The number of anilines is 1. The Morgan fingerprint density at radius 2 is 2.13 bits per heavy atom. The highest BCUT2D eigenvalue weighted by atomic mass is 16.5. The van der Waals surface area contributed by atoms with E-state index < -0.39 is 0 Å². The van der Waals surface area contributed by atoms with Crippen molar-refractivity contribution in [3.05, 3.63) is 54.4 Å². The number of rotatable bonds is 4. The van der Waals surface area contributed by atoms with Crippen LogP contribution in [0.4, 0.5) is 11.4 Å². The van der Waals surface area contributed by atoms with Crippen LogP contribution >= 0.6 is 0 Å². The molecule has 0 saturated carbocycles. The number of amidine groups is 1. The molecule has 0 bridgehead atoms. The Balaban J connectivity index is 1.93. The van der Waals surface area contributed by atoms with Crippen molar-refractivity contribution < 1.29 is 9.53 Å². The quantitative estimate of drug-likeness (QED) is 0.810. The number of carbonyl (C=O) groups excluding carboxylic acids is 1. The van der Waals surface area contributed by atoms with E-state index in [1.165, 1.54) is 0 Å². The lowest BCUT2D eigenvalue weighted by atomic mass is 10.2. The Labute approximate surface area is 135 Å². The van der Waals surface area contributed by atoms with Crippen LogP contribution in [0.1, 0.15) is 30.1 Å². The third kappa shape index (κ3) is 3.39. The number of esters is 1. The summed E-state index contributed by atoms with van der Waals surface area (Å²) in [6.45, 7) is 3.06. The van der Waals surface area contributed by atoms with Crippen molar-refractivity contribution >= 4 is 23.2 Å². The minimum absolute atomic E-state index is 0.341. The standard InChI is InChI=1S/C18H19N3O2/c1-2-23-18(22)15-10-11-19-13-16(15)20-17-9-6-12-21(17)14-7-4-3-5-8-14/h3-5,7-8,10-11,13H,2,6,9,12H2,1H3. The van der Waals surface area contributed by atoms with E-state index in [0.717, 1.165) is 30.9 Å². The summed E-state index contributed by atoms with van der Waals surface area (Å²) < 4.78 is 5.09. The van der Waals surface area contributed by atoms with Crippen LogP contribution in [-0.4, -0.2) is 29.9 Å². The summed E-state index contributed by atoms with van der Waals surface area (Å²) in [6.07, 6.45) is 5.12. The molecular weight excluding hydrogens is 290 g/mol. The van der Waals surface area contributed by atoms with Crippen molar-refractivity contribution in [1.29, 1.82) is 0 Å². The van der Waals surface area contributed by atoms with Crippen molar-refractivity contribution in [3.63, 3.8) is 0 Å². The van der Waals surface area contributed by atoms with Crippen molar-refractivity contribution in [1.82, 2.24) is 4.98 Å². The highest BCUT2D eigenvalue weighted by Crippen LogP contribution is 2.26. The first-order valence-electron chi connectivity index (χ1n) is 7.81. The van der Waals surface area contributed by atoms with Crippen LogP contribution in [0.2, 0.25) is 0 Å². The van der Waals surface area contributed by atoms with Crippen LogP contribution in [0, 0.1) is 0 Å². The molecule has 1 aliphatic rings. The van der Waals surface area contributed by atoms with E-state index in [2.05, 4.69) is 22.0 Å². The van der Waals surface area contributed by atoms with Gasteiger partial charge in [-0.1, -0.05) is 18.2 Å². The summed E-state index contributed by atoms with van der Waals surface area (Å²) in [5.74, 6) is 0.591. The lowest BCUT2D eigenvalue weighted by Gasteiger charge is -2.19. The molecule has 1 aliphatic heterocycles. The molecular formula is C18H19N3O2. The number of nitrogens with zero attached hydrogens (tertiary/aromatic N) is 3. The largest absolute Gasteiger partial charge is 0.462 e. The van der Waals surface area contributed by atoms with Gasteiger partial charge in [0.05, 0.1) is 24.1 Å². The minimum Gasteiger partial charge on any atom is -0.462 e. The zero-order chi connectivity index (χ0) is 16.1. The topological polar surface area (TPSA) is 54.8 Å². The number of benzene rings is 1. The van der Waals surface area contributed by atoms with Gasteiger partial charge in [-0.25, -0.2) is 9.79 Å². The van der Waals surface area contributed by atoms with Gasteiger partial charge in [-0.15, -0.1) is 0 Å². The van der Waals surface area contributed by atoms with Gasteiger partial charge in [-0.3, -0.25) is 4.98 Å². The molecule has 2 heterocycles. The van der Waals surface area contributed by atoms with Gasteiger partial charge in [-0.05, 0) is 31.5 Å². The van der Waals surface area contributed by atoms with Gasteiger partial charge in [0, 0.05) is 24.8 Å². The lowest BCUT2D eigenvalue weighted by Crippen LogP contribution is -2.24. The summed E-state index contributed by atoms with van der Waals surface area (Å²) in [6, 6.07) is 11.8. The highest BCUT2D eigenvalue weighted by molar-refractivity contribution is 6.03. The molecule has 118 valence electrons. The molecule has 0 radical (unpaired) electrons. The third-order valence-electron chi connectivity index (χ3n) is 3.71. The van der Waals surface area contributed by atoms with Crippen molar-refractivity contribution in [2.24, 2.45) is 4.99 Å². The Kier molecular flexibility index (Phi) is 4.66. The van der Waals surface area contributed by atoms with Crippen LogP contribution in [-0.2, 0) is 4.74 Å². The normalized spacial score (nSPS) is 15.9. The van der Waals surface area contributed by atoms with E-state index in [-0.39, 0.29) is 5.97 Å². The number of carbonyl (C=O) groups is 1. The fourth-order valence-corrected chi connectivity index (χ4v) is 2.66. The Morgan fingerprint density at radius 1 is 1.30 bits per heavy atom. The number of pyridine rings is 1. The molecule has 5 nitrogen and oxygen atoms in total. The van der Waals surface area contributed by atoms with Gasteiger partial charge < -0.3 is 9.64 Å². The second-order valence-corrected chi connectivity index (χ2v) is 5.23. The maximum absolute atomic E-state index is 12.1. The zero-order valence-electron chi connectivity index (χ0n) is 13.1. The first-order valence-corrected chi connectivity index (χ1v) is 7.81. The highest BCUT2D eigenvalue weighted by Gasteiger charge is 2.21. The molecule has 5 heteroatoms. The number of para-hydroxylation sites is 1. The predicted molar refractivity (Wildman–Crippen MR) is 90.3 cm³/mol. The number of hydrogen-bond acceptors (Lipinski definition) is 4. The van der Waals surface area contributed by atoms with Gasteiger partial charge >= 0.3 is 5.97 Å². The average Bonchev–Trinajstić information content (AvgIpc) is 3.04. The Hall–Kier alpha value is -2.69. The van der Waals surface area contributed by atoms with E-state index in [9.17, 15) is 4.79 Å². The van der Waals surface area contributed by atoms with Gasteiger partial charge in [0.2, 0.25) is 0 Å². The van der Waals surface area contributed by atoms with Crippen LogP contribution in [0.5, 0.6) is 0 Å². The van der Waals surface area contributed by atoms with Crippen molar-refractivity contribution in [3.8, 4) is 0 Å². The lowest BCUT2D eigenvalue weighted by molar-refractivity contribution is 0.0527. The molecule has 3 rings (SSSR count). The fourth-order valence-electron chi connectivity index (χ4n) is 2.66. The monoisotopic (exact) mass is 309 g/mol. The Bertz CT molecular complexity index is 713. The van der Waals surface area contributed by atoms with Crippen LogP contribution in [0.15, 0.2) is 53.8 Å². The second-order valence-electron chi connectivity index (χ2n) is 5.23. The average molecular weight is 309 g/mol. The van der Waals surface area contributed by atoms with Gasteiger partial charge in [0.1, 0.15) is 5.84 Å². The molecule has 0 atom stereocenters. The van der Waals surface area contributed by atoms with Gasteiger partial charge in [0.15, 0.2) is 0 Å². The van der Waals surface area contributed by atoms with E-state index >= 15 is 0 Å². The van der Waals surface area contributed by atoms with Crippen LogP contribution < -0.4 is 4.90 Å². The molecule has 0 amide bonds. The van der Waals surface area contributed by atoms with Crippen LogP contribution in [0.3, 0.4) is 0 Å². The summed E-state index contributed by atoms with van der Waals surface area (Å²) in [5, 5.41) is 0. The first kappa shape index (κ1) is 15.2. The fraction of sp³-hybridized carbons (Fsp3) is 0.278. The summed E-state index contributed by atoms with van der Waals surface area (Å²) in [5.41, 5.74) is 2.13. The van der Waals surface area contributed by atoms with Crippen molar-refractivity contribution in [2.45, 2.75) is 19.8 Å². The third-order valence-corrected chi connectivity index (χ3v) is 3.71. The van der Waals surface area contributed by atoms with E-state index in [4.69, 9.17) is 9.73 Å². The number of aliphatic imine (C=N–C) groups is 1. The van der Waals surface area contributed by atoms with E-state index in [1.54, 1.807) is 25.4 Å².